The molecular formula is C16H23Cl2N3O2. The van der Waals surface area contributed by atoms with Crippen LogP contribution in [0, 0.1) is 0 Å². The van der Waals surface area contributed by atoms with Crippen molar-refractivity contribution in [3.8, 4) is 0 Å². The molecule has 0 spiro atoms. The summed E-state index contributed by atoms with van der Waals surface area (Å²) in [5, 5.41) is 0. The Morgan fingerprint density at radius 1 is 1.39 bits per heavy atom. The van der Waals surface area contributed by atoms with Crippen LogP contribution in [-0.4, -0.2) is 50.1 Å². The van der Waals surface area contributed by atoms with E-state index in [0.29, 0.717) is 13.1 Å². The second-order valence-corrected chi connectivity index (χ2v) is 7.02. The zero-order valence-corrected chi connectivity index (χ0v) is 15.1. The molecule has 1 fully saturated rings. The number of aryl methyl sites for hydroxylation is 1. The number of carbonyl (C=O) groups excluding carboxylic acids is 2. The van der Waals surface area contributed by atoms with E-state index in [4.69, 9.17) is 23.2 Å². The van der Waals surface area contributed by atoms with Gasteiger partial charge >= 0.3 is 0 Å². The number of hydrogen-bond acceptors (Lipinski definition) is 2. The first-order valence-electron chi connectivity index (χ1n) is 7.90. The summed E-state index contributed by atoms with van der Waals surface area (Å²) in [7, 11) is 1.96. The van der Waals surface area contributed by atoms with Gasteiger partial charge in [0.05, 0.1) is 13.1 Å². The molecule has 0 N–H and O–H groups in total. The molecule has 0 radical (unpaired) electrons. The third-order valence-corrected chi connectivity index (χ3v) is 4.38. The zero-order valence-electron chi connectivity index (χ0n) is 13.5. The minimum Gasteiger partial charge on any atom is -0.353 e. The monoisotopic (exact) mass is 359 g/mol. The second-order valence-electron chi connectivity index (χ2n) is 5.92. The van der Waals surface area contributed by atoms with Crippen LogP contribution in [0.3, 0.4) is 0 Å². The fourth-order valence-electron chi connectivity index (χ4n) is 2.57. The Balaban J connectivity index is 2.05. The molecule has 0 atom stereocenters. The molecule has 0 bridgehead atoms. The molecule has 7 heteroatoms. The smallest absolute Gasteiger partial charge is 0.256 e. The van der Waals surface area contributed by atoms with Gasteiger partial charge in [-0.2, -0.15) is 0 Å². The zero-order chi connectivity index (χ0) is 17.0. The molecule has 1 aromatic heterocycles. The number of halogens is 2. The van der Waals surface area contributed by atoms with Gasteiger partial charge in [0.25, 0.3) is 5.91 Å². The number of carbonyl (C=O) groups is 2. The summed E-state index contributed by atoms with van der Waals surface area (Å²) in [5.41, 5.74) is 1.08. The normalized spacial score (nSPS) is 14.1. The van der Waals surface area contributed by atoms with Crippen LogP contribution in [0.5, 0.6) is 0 Å². The topological polar surface area (TPSA) is 45.6 Å². The van der Waals surface area contributed by atoms with Gasteiger partial charge in [0.15, 0.2) is 4.84 Å². The molecule has 0 aliphatic heterocycles. The first kappa shape index (κ1) is 18.1. The highest BCUT2D eigenvalue weighted by Crippen LogP contribution is 2.28. The van der Waals surface area contributed by atoms with Gasteiger partial charge in [0.2, 0.25) is 5.91 Å². The third-order valence-electron chi connectivity index (χ3n) is 4.01. The highest BCUT2D eigenvalue weighted by atomic mass is 35.5. The first-order chi connectivity index (χ1) is 10.9. The summed E-state index contributed by atoms with van der Waals surface area (Å²) in [6.45, 7) is 3.02. The molecule has 0 saturated heterocycles. The average molecular weight is 360 g/mol. The lowest BCUT2D eigenvalue weighted by Gasteiger charge is -2.28. The van der Waals surface area contributed by atoms with Gasteiger partial charge in [-0.05, 0) is 31.4 Å². The minimum absolute atomic E-state index is 0.0313. The number of aromatic nitrogens is 1. The summed E-state index contributed by atoms with van der Waals surface area (Å²) in [4.78, 5) is 26.9. The van der Waals surface area contributed by atoms with E-state index in [1.54, 1.807) is 0 Å². The van der Waals surface area contributed by atoms with Crippen LogP contribution in [0.15, 0.2) is 18.3 Å². The maximum Gasteiger partial charge on any atom is 0.256 e. The van der Waals surface area contributed by atoms with Gasteiger partial charge in [-0.3, -0.25) is 9.59 Å². The SMILES string of the molecule is CCCN(CC(=O)N(Cc1cccn1C)C1CC1)C(=O)C(Cl)Cl. The Hall–Kier alpha value is -1.20. The number of hydrogen-bond donors (Lipinski definition) is 0. The van der Waals surface area contributed by atoms with E-state index in [1.165, 1.54) is 4.90 Å². The highest BCUT2D eigenvalue weighted by Gasteiger charge is 2.34. The number of nitrogens with zero attached hydrogens (tertiary/aromatic N) is 3. The third kappa shape index (κ3) is 4.88. The van der Waals surface area contributed by atoms with Crippen molar-refractivity contribution < 1.29 is 9.59 Å². The quantitative estimate of drug-likeness (QED) is 0.669. The predicted octanol–water partition coefficient (Wildman–Crippen LogP) is 2.56. The maximum absolute atomic E-state index is 12.7. The Kier molecular flexibility index (Phi) is 6.36. The van der Waals surface area contributed by atoms with Gasteiger partial charge in [-0.25, -0.2) is 0 Å². The van der Waals surface area contributed by atoms with Crippen molar-refractivity contribution in [2.45, 2.75) is 43.6 Å². The van der Waals surface area contributed by atoms with Crippen molar-refractivity contribution in [2.24, 2.45) is 7.05 Å². The lowest BCUT2D eigenvalue weighted by molar-refractivity contribution is -0.140. The summed E-state index contributed by atoms with van der Waals surface area (Å²) >= 11 is 11.4. The van der Waals surface area contributed by atoms with E-state index in [0.717, 1.165) is 25.0 Å². The molecule has 2 rings (SSSR count). The van der Waals surface area contributed by atoms with Gasteiger partial charge in [0, 0.05) is 31.5 Å². The molecule has 5 nitrogen and oxygen atoms in total. The number of amides is 2. The summed E-state index contributed by atoms with van der Waals surface area (Å²) in [6.07, 6.45) is 4.75. The Bertz CT molecular complexity index is 555. The summed E-state index contributed by atoms with van der Waals surface area (Å²) in [6, 6.07) is 4.24. The van der Waals surface area contributed by atoms with Crippen molar-refractivity contribution in [3.63, 3.8) is 0 Å². The van der Waals surface area contributed by atoms with Gasteiger partial charge < -0.3 is 14.4 Å². The Labute approximate surface area is 147 Å². The van der Waals surface area contributed by atoms with Gasteiger partial charge in [-0.1, -0.05) is 30.1 Å². The average Bonchev–Trinajstić information content (AvgIpc) is 3.26. The largest absolute Gasteiger partial charge is 0.353 e. The van der Waals surface area contributed by atoms with Crippen molar-refractivity contribution in [1.29, 1.82) is 0 Å². The van der Waals surface area contributed by atoms with Crippen molar-refractivity contribution in [2.75, 3.05) is 13.1 Å². The van der Waals surface area contributed by atoms with E-state index in [1.807, 2.05) is 41.8 Å². The fraction of sp³-hybridized carbons (Fsp3) is 0.625. The van der Waals surface area contributed by atoms with Crippen LogP contribution < -0.4 is 0 Å². The molecule has 1 aliphatic rings. The van der Waals surface area contributed by atoms with Crippen molar-refractivity contribution in [3.05, 3.63) is 24.0 Å². The molecule has 1 heterocycles. The fourth-order valence-corrected chi connectivity index (χ4v) is 2.85. The minimum atomic E-state index is -1.13. The standard InChI is InChI=1S/C16H23Cl2N3O2/c1-3-8-20(16(23)15(17)18)11-14(22)21(12-6-7-12)10-13-5-4-9-19(13)2/h4-5,9,12,15H,3,6-8,10-11H2,1-2H3. The van der Waals surface area contributed by atoms with Crippen LogP contribution in [0.2, 0.25) is 0 Å². The predicted molar refractivity (Wildman–Crippen MR) is 91.4 cm³/mol. The summed E-state index contributed by atoms with van der Waals surface area (Å²) < 4.78 is 2.01. The van der Waals surface area contributed by atoms with E-state index in [2.05, 4.69) is 0 Å². The second kappa shape index (κ2) is 8.06. The molecule has 0 aromatic carbocycles. The van der Waals surface area contributed by atoms with E-state index in [-0.39, 0.29) is 18.5 Å². The maximum atomic E-state index is 12.7. The Morgan fingerprint density at radius 2 is 2.09 bits per heavy atom. The molecule has 0 unspecified atom stereocenters. The van der Waals surface area contributed by atoms with Crippen LogP contribution in [0.25, 0.3) is 0 Å². The molecule has 23 heavy (non-hydrogen) atoms. The lowest BCUT2D eigenvalue weighted by Crippen LogP contribution is -2.45. The molecule has 2 amide bonds. The van der Waals surface area contributed by atoms with E-state index < -0.39 is 10.7 Å². The van der Waals surface area contributed by atoms with Crippen molar-refractivity contribution in [1.82, 2.24) is 14.4 Å². The van der Waals surface area contributed by atoms with E-state index >= 15 is 0 Å². The van der Waals surface area contributed by atoms with Crippen LogP contribution in [0.1, 0.15) is 31.9 Å². The van der Waals surface area contributed by atoms with Crippen molar-refractivity contribution >= 4 is 35.0 Å². The Morgan fingerprint density at radius 3 is 2.57 bits per heavy atom. The van der Waals surface area contributed by atoms with Gasteiger partial charge in [-0.15, -0.1) is 0 Å². The van der Waals surface area contributed by atoms with Crippen LogP contribution in [-0.2, 0) is 23.2 Å². The number of rotatable bonds is 8. The van der Waals surface area contributed by atoms with E-state index in [9.17, 15) is 9.59 Å². The summed E-state index contributed by atoms with van der Waals surface area (Å²) in [5.74, 6) is -0.456. The molecule has 1 saturated carbocycles. The molecule has 1 aromatic rings. The van der Waals surface area contributed by atoms with Gasteiger partial charge in [0.1, 0.15) is 0 Å². The molecule has 128 valence electrons. The van der Waals surface area contributed by atoms with Crippen LogP contribution in [0.4, 0.5) is 0 Å². The first-order valence-corrected chi connectivity index (χ1v) is 8.78. The lowest BCUT2D eigenvalue weighted by atomic mass is 10.3. The van der Waals surface area contributed by atoms with Crippen LogP contribution >= 0.6 is 23.2 Å². The highest BCUT2D eigenvalue weighted by molar-refractivity contribution is 6.53. The molecular weight excluding hydrogens is 337 g/mol. The number of alkyl halides is 2. The molecule has 1 aliphatic carbocycles.